The highest BCUT2D eigenvalue weighted by Gasteiger charge is 2.19. The Morgan fingerprint density at radius 2 is 1.77 bits per heavy atom. The van der Waals surface area contributed by atoms with Gasteiger partial charge in [0, 0.05) is 57.9 Å². The van der Waals surface area contributed by atoms with Gasteiger partial charge in [0.05, 0.1) is 0 Å². The second kappa shape index (κ2) is 13.8. The minimum absolute atomic E-state index is 0. The summed E-state index contributed by atoms with van der Waals surface area (Å²) in [4.78, 5) is 9.42. The minimum Gasteiger partial charge on any atom is -0.356 e. The predicted octanol–water partition coefficient (Wildman–Crippen LogP) is 3.32. The third-order valence-electron chi connectivity index (χ3n) is 4.86. The van der Waals surface area contributed by atoms with Gasteiger partial charge in [-0.2, -0.15) is 0 Å². The number of nitrogens with one attached hydrogen (secondary N) is 2. The molecule has 0 atom stereocenters. The maximum Gasteiger partial charge on any atom is 0.191 e. The van der Waals surface area contributed by atoms with Crippen LogP contribution in [0.1, 0.15) is 53.9 Å². The fourth-order valence-corrected chi connectivity index (χ4v) is 3.59. The molecule has 0 saturated carbocycles. The van der Waals surface area contributed by atoms with Crippen LogP contribution in [0.15, 0.2) is 17.1 Å². The molecule has 0 spiro atoms. The third kappa shape index (κ3) is 10.1. The Labute approximate surface area is 179 Å². The highest BCUT2D eigenvalue weighted by Crippen LogP contribution is 2.11. The van der Waals surface area contributed by atoms with Gasteiger partial charge >= 0.3 is 0 Å². The molecule has 1 aliphatic rings. The molecule has 0 aromatic rings. The summed E-state index contributed by atoms with van der Waals surface area (Å²) in [5.74, 6) is 0.944. The molecule has 0 amide bonds. The van der Waals surface area contributed by atoms with E-state index in [1.54, 1.807) is 0 Å². The van der Waals surface area contributed by atoms with Gasteiger partial charge in [0.15, 0.2) is 5.96 Å². The molecule has 6 heteroatoms. The number of halogens is 1. The molecule has 0 radical (unpaired) electrons. The van der Waals surface area contributed by atoms with Crippen LogP contribution in [0.3, 0.4) is 0 Å². The Morgan fingerprint density at radius 3 is 2.23 bits per heavy atom. The zero-order valence-electron chi connectivity index (χ0n) is 17.8. The molecular formula is C20H42IN5. The second-order valence-electron chi connectivity index (χ2n) is 7.93. The van der Waals surface area contributed by atoms with E-state index in [0.717, 1.165) is 45.1 Å². The van der Waals surface area contributed by atoms with Crippen molar-refractivity contribution in [2.45, 2.75) is 72.0 Å². The summed E-state index contributed by atoms with van der Waals surface area (Å²) in [6, 6.07) is 1.72. The van der Waals surface area contributed by atoms with Crippen molar-refractivity contribution in [2.24, 2.45) is 4.99 Å². The first-order chi connectivity index (χ1) is 11.8. The van der Waals surface area contributed by atoms with Crippen molar-refractivity contribution in [3.63, 3.8) is 0 Å². The molecule has 1 fully saturated rings. The van der Waals surface area contributed by atoms with E-state index in [1.165, 1.54) is 18.4 Å². The molecule has 0 aliphatic carbocycles. The lowest BCUT2D eigenvalue weighted by atomic mass is 10.0. The average Bonchev–Trinajstić information content (AvgIpc) is 2.53. The highest BCUT2D eigenvalue weighted by atomic mass is 127. The summed E-state index contributed by atoms with van der Waals surface area (Å²) in [7, 11) is 1.86. The van der Waals surface area contributed by atoms with Crippen molar-refractivity contribution >= 4 is 29.9 Å². The maximum absolute atomic E-state index is 4.39. The number of nitrogens with zero attached hydrogens (tertiary/aromatic N) is 3. The lowest BCUT2D eigenvalue weighted by Crippen LogP contribution is -2.49. The summed E-state index contributed by atoms with van der Waals surface area (Å²) in [5.41, 5.74) is 1.25. The van der Waals surface area contributed by atoms with Gasteiger partial charge in [0.2, 0.25) is 0 Å². The van der Waals surface area contributed by atoms with Crippen LogP contribution in [0.2, 0.25) is 0 Å². The van der Waals surface area contributed by atoms with Crippen molar-refractivity contribution in [3.8, 4) is 0 Å². The third-order valence-corrected chi connectivity index (χ3v) is 4.86. The van der Waals surface area contributed by atoms with Gasteiger partial charge in [-0.1, -0.05) is 12.2 Å². The zero-order valence-corrected chi connectivity index (χ0v) is 20.2. The van der Waals surface area contributed by atoms with Crippen LogP contribution in [0.4, 0.5) is 0 Å². The quantitative estimate of drug-likeness (QED) is 0.175. The van der Waals surface area contributed by atoms with E-state index < -0.39 is 0 Å². The van der Waals surface area contributed by atoms with Crippen LogP contribution in [0, 0.1) is 0 Å². The molecule has 1 saturated heterocycles. The van der Waals surface area contributed by atoms with Gasteiger partial charge in [0.25, 0.3) is 0 Å². The summed E-state index contributed by atoms with van der Waals surface area (Å²) >= 11 is 0. The molecule has 154 valence electrons. The highest BCUT2D eigenvalue weighted by molar-refractivity contribution is 14.0. The van der Waals surface area contributed by atoms with E-state index in [-0.39, 0.29) is 24.0 Å². The Kier molecular flexibility index (Phi) is 13.6. The number of hydrogen-bond acceptors (Lipinski definition) is 3. The van der Waals surface area contributed by atoms with E-state index in [2.05, 4.69) is 66.6 Å². The molecule has 1 heterocycles. The Hall–Kier alpha value is -0.340. The summed E-state index contributed by atoms with van der Waals surface area (Å²) in [6.45, 7) is 20.6. The van der Waals surface area contributed by atoms with Gasteiger partial charge in [0.1, 0.15) is 0 Å². The van der Waals surface area contributed by atoms with Gasteiger partial charge in [-0.15, -0.1) is 24.0 Å². The van der Waals surface area contributed by atoms with Crippen LogP contribution in [0.5, 0.6) is 0 Å². The number of likely N-dealkylation sites (tertiary alicyclic amines) is 1. The summed E-state index contributed by atoms with van der Waals surface area (Å²) < 4.78 is 0. The van der Waals surface area contributed by atoms with E-state index in [0.29, 0.717) is 18.1 Å². The molecule has 0 aromatic heterocycles. The van der Waals surface area contributed by atoms with Crippen LogP contribution < -0.4 is 10.6 Å². The summed E-state index contributed by atoms with van der Waals surface area (Å²) in [6.07, 6.45) is 3.47. The van der Waals surface area contributed by atoms with Crippen molar-refractivity contribution in [1.29, 1.82) is 0 Å². The monoisotopic (exact) mass is 479 g/mol. The first-order valence-corrected chi connectivity index (χ1v) is 9.93. The Bertz CT molecular complexity index is 406. The standard InChI is InChI=1S/C20H41N5.HI/c1-16(2)15-24-13-9-19(10-14-24)23-20(21-7)22-11-8-12-25(17(3)4)18(5)6;/h17-19H,1,8-15H2,2-7H3,(H2,21,22,23);1H. The minimum atomic E-state index is 0. The lowest BCUT2D eigenvalue weighted by molar-refractivity contribution is 0.173. The molecular weight excluding hydrogens is 437 g/mol. The maximum atomic E-state index is 4.39. The van der Waals surface area contributed by atoms with Crippen LogP contribution in [-0.4, -0.2) is 73.7 Å². The molecule has 2 N–H and O–H groups in total. The number of piperidine rings is 1. The van der Waals surface area contributed by atoms with Crippen LogP contribution in [-0.2, 0) is 0 Å². The van der Waals surface area contributed by atoms with Crippen molar-refractivity contribution < 1.29 is 0 Å². The Balaban J connectivity index is 0.00000625. The molecule has 0 unspecified atom stereocenters. The molecule has 5 nitrogen and oxygen atoms in total. The molecule has 1 rings (SSSR count). The Morgan fingerprint density at radius 1 is 1.19 bits per heavy atom. The van der Waals surface area contributed by atoms with Gasteiger partial charge < -0.3 is 10.6 Å². The largest absolute Gasteiger partial charge is 0.356 e. The fraction of sp³-hybridized carbons (Fsp3) is 0.850. The predicted molar refractivity (Wildman–Crippen MR) is 126 cm³/mol. The number of hydrogen-bond donors (Lipinski definition) is 2. The topological polar surface area (TPSA) is 42.9 Å². The molecule has 0 aromatic carbocycles. The fourth-order valence-electron chi connectivity index (χ4n) is 3.59. The molecule has 0 bridgehead atoms. The van der Waals surface area contributed by atoms with Gasteiger partial charge in [-0.3, -0.25) is 14.8 Å². The van der Waals surface area contributed by atoms with Crippen molar-refractivity contribution in [3.05, 3.63) is 12.2 Å². The van der Waals surface area contributed by atoms with Gasteiger partial charge in [-0.05, 0) is 53.9 Å². The van der Waals surface area contributed by atoms with Crippen molar-refractivity contribution in [1.82, 2.24) is 20.4 Å². The average molecular weight is 479 g/mol. The number of aliphatic imine (C=N–C) groups is 1. The van der Waals surface area contributed by atoms with Gasteiger partial charge in [-0.25, -0.2) is 0 Å². The van der Waals surface area contributed by atoms with Crippen LogP contribution in [0.25, 0.3) is 0 Å². The zero-order chi connectivity index (χ0) is 18.8. The second-order valence-corrected chi connectivity index (χ2v) is 7.93. The first kappa shape index (κ1) is 25.7. The van der Waals surface area contributed by atoms with E-state index in [4.69, 9.17) is 0 Å². The smallest absolute Gasteiger partial charge is 0.191 e. The first-order valence-electron chi connectivity index (χ1n) is 9.93. The van der Waals surface area contributed by atoms with Crippen LogP contribution >= 0.6 is 24.0 Å². The van der Waals surface area contributed by atoms with E-state index in [1.807, 2.05) is 7.05 Å². The SMILES string of the molecule is C=C(C)CN1CCC(NC(=NC)NCCCN(C(C)C)C(C)C)CC1.I. The lowest BCUT2D eigenvalue weighted by Gasteiger charge is -2.33. The van der Waals surface area contributed by atoms with E-state index >= 15 is 0 Å². The number of guanidine groups is 1. The van der Waals surface area contributed by atoms with Crippen molar-refractivity contribution in [2.75, 3.05) is 39.8 Å². The normalized spacial score (nSPS) is 16.9. The summed E-state index contributed by atoms with van der Waals surface area (Å²) in [5, 5.41) is 7.07. The number of rotatable bonds is 9. The van der Waals surface area contributed by atoms with E-state index in [9.17, 15) is 0 Å². The molecule has 1 aliphatic heterocycles. The molecule has 26 heavy (non-hydrogen) atoms.